The molecule has 6 nitrogen and oxygen atoms in total. The van der Waals surface area contributed by atoms with Gasteiger partial charge in [0.1, 0.15) is 4.90 Å². The van der Waals surface area contributed by atoms with Crippen molar-refractivity contribution in [2.24, 2.45) is 0 Å². The largest absolute Gasteiger partial charge is 0.395 e. The summed E-state index contributed by atoms with van der Waals surface area (Å²) in [5, 5.41) is 15.0. The normalized spacial score (nSPS) is 10.8. The minimum atomic E-state index is -3.67. The van der Waals surface area contributed by atoms with Crippen molar-refractivity contribution < 1.29 is 13.5 Å². The van der Waals surface area contributed by atoms with Crippen LogP contribution < -0.4 is 4.72 Å². The number of benzene rings is 1. The molecular weight excluding hydrogens is 290 g/mol. The number of rotatable bonds is 4. The van der Waals surface area contributed by atoms with Gasteiger partial charge in [-0.3, -0.25) is 9.82 Å². The topological polar surface area (TPSA) is 95.1 Å². The zero-order valence-electron chi connectivity index (χ0n) is 11.4. The van der Waals surface area contributed by atoms with E-state index in [0.717, 1.165) is 0 Å². The van der Waals surface area contributed by atoms with Gasteiger partial charge >= 0.3 is 0 Å². The summed E-state index contributed by atoms with van der Waals surface area (Å²) in [5.74, 6) is 5.64. The Morgan fingerprint density at radius 2 is 2.24 bits per heavy atom. The van der Waals surface area contributed by atoms with Crippen LogP contribution >= 0.6 is 0 Å². The summed E-state index contributed by atoms with van der Waals surface area (Å²) in [4.78, 5) is 0.110. The number of aromatic nitrogens is 2. The lowest BCUT2D eigenvalue weighted by Gasteiger charge is -2.07. The van der Waals surface area contributed by atoms with Gasteiger partial charge in [0, 0.05) is 12.0 Å². The lowest BCUT2D eigenvalue weighted by atomic mass is 10.2. The molecule has 1 aromatic heterocycles. The number of aliphatic hydroxyl groups is 1. The van der Waals surface area contributed by atoms with E-state index in [1.165, 1.54) is 6.20 Å². The molecule has 0 saturated carbocycles. The molecule has 0 fully saturated rings. The number of aryl methyl sites for hydroxylation is 1. The summed E-state index contributed by atoms with van der Waals surface area (Å²) in [6.45, 7) is 1.64. The summed E-state index contributed by atoms with van der Waals surface area (Å²) < 4.78 is 26.9. The molecule has 0 unspecified atom stereocenters. The SMILES string of the molecule is Cc1[nH]ncc1S(=O)(=O)Nc1cccc(C#CCCO)c1. The Kier molecular flexibility index (Phi) is 4.62. The number of nitrogens with zero attached hydrogens (tertiary/aromatic N) is 1. The van der Waals surface area contributed by atoms with Gasteiger partial charge in [-0.15, -0.1) is 0 Å². The van der Waals surface area contributed by atoms with Crippen molar-refractivity contribution in [1.29, 1.82) is 0 Å². The Morgan fingerprint density at radius 1 is 1.43 bits per heavy atom. The van der Waals surface area contributed by atoms with E-state index in [4.69, 9.17) is 5.11 Å². The lowest BCUT2D eigenvalue weighted by Crippen LogP contribution is -2.13. The smallest absolute Gasteiger partial charge is 0.265 e. The molecule has 0 bridgehead atoms. The van der Waals surface area contributed by atoms with Gasteiger partial charge in [0.2, 0.25) is 0 Å². The second-order valence-corrected chi connectivity index (χ2v) is 5.97. The molecule has 2 aromatic rings. The maximum absolute atomic E-state index is 12.2. The standard InChI is InChI=1S/C14H15N3O3S/c1-11-14(10-15-16-11)21(19,20)17-13-7-4-6-12(9-13)5-2-3-8-18/h4,6-7,9-10,17-18H,3,8H2,1H3,(H,15,16). The average Bonchev–Trinajstić information content (AvgIpc) is 2.86. The molecular formula is C14H15N3O3S. The monoisotopic (exact) mass is 305 g/mol. The molecule has 0 spiro atoms. The summed E-state index contributed by atoms with van der Waals surface area (Å²) in [6, 6.07) is 6.76. The van der Waals surface area contributed by atoms with Gasteiger partial charge in [0.15, 0.2) is 0 Å². The van der Waals surface area contributed by atoms with Crippen LogP contribution in [0.4, 0.5) is 5.69 Å². The Labute approximate surface area is 123 Å². The van der Waals surface area contributed by atoms with E-state index >= 15 is 0 Å². The number of aromatic amines is 1. The molecule has 0 aliphatic rings. The highest BCUT2D eigenvalue weighted by molar-refractivity contribution is 7.92. The number of sulfonamides is 1. The zero-order chi connectivity index (χ0) is 15.3. The van der Waals surface area contributed by atoms with Crippen molar-refractivity contribution in [3.63, 3.8) is 0 Å². The Bertz CT molecular complexity index is 785. The van der Waals surface area contributed by atoms with Crippen molar-refractivity contribution in [1.82, 2.24) is 10.2 Å². The number of nitrogens with one attached hydrogen (secondary N) is 2. The fourth-order valence-electron chi connectivity index (χ4n) is 1.70. The molecule has 0 aliphatic carbocycles. The van der Waals surface area contributed by atoms with E-state index < -0.39 is 10.0 Å². The second kappa shape index (κ2) is 6.43. The predicted molar refractivity (Wildman–Crippen MR) is 79.2 cm³/mol. The van der Waals surface area contributed by atoms with Gasteiger partial charge in [-0.1, -0.05) is 17.9 Å². The molecule has 0 atom stereocenters. The van der Waals surface area contributed by atoms with Crippen LogP contribution in [0, 0.1) is 18.8 Å². The maximum atomic E-state index is 12.2. The van der Waals surface area contributed by atoms with E-state index in [1.807, 2.05) is 0 Å². The van der Waals surface area contributed by atoms with Crippen LogP contribution in [0.25, 0.3) is 0 Å². The first kappa shape index (κ1) is 15.1. The third-order valence-electron chi connectivity index (χ3n) is 2.66. The molecule has 0 amide bonds. The Hall–Kier alpha value is -2.30. The van der Waals surface area contributed by atoms with Gasteiger partial charge < -0.3 is 5.11 Å². The second-order valence-electron chi connectivity index (χ2n) is 4.32. The van der Waals surface area contributed by atoms with Crippen molar-refractivity contribution in [2.45, 2.75) is 18.2 Å². The zero-order valence-corrected chi connectivity index (χ0v) is 12.2. The minimum absolute atomic E-state index is 0.000906. The van der Waals surface area contributed by atoms with Gasteiger partial charge in [-0.2, -0.15) is 5.10 Å². The summed E-state index contributed by atoms with van der Waals surface area (Å²) in [6.07, 6.45) is 1.65. The highest BCUT2D eigenvalue weighted by Crippen LogP contribution is 2.18. The molecule has 2 rings (SSSR count). The number of hydrogen-bond acceptors (Lipinski definition) is 4. The fraction of sp³-hybridized carbons (Fsp3) is 0.214. The molecule has 1 aromatic carbocycles. The number of aliphatic hydroxyl groups excluding tert-OH is 1. The maximum Gasteiger partial charge on any atom is 0.265 e. The molecule has 0 saturated heterocycles. The Morgan fingerprint density at radius 3 is 2.90 bits per heavy atom. The van der Waals surface area contributed by atoms with E-state index in [9.17, 15) is 8.42 Å². The van der Waals surface area contributed by atoms with Crippen molar-refractivity contribution in [3.05, 3.63) is 41.7 Å². The third-order valence-corrected chi connectivity index (χ3v) is 4.15. The van der Waals surface area contributed by atoms with Gasteiger partial charge in [-0.25, -0.2) is 8.42 Å². The Balaban J connectivity index is 2.23. The van der Waals surface area contributed by atoms with Crippen molar-refractivity contribution >= 4 is 15.7 Å². The van der Waals surface area contributed by atoms with Crippen LogP contribution in [-0.2, 0) is 10.0 Å². The quantitative estimate of drug-likeness (QED) is 0.741. The highest BCUT2D eigenvalue weighted by atomic mass is 32.2. The molecule has 0 aliphatic heterocycles. The van der Waals surface area contributed by atoms with Crippen LogP contribution in [-0.4, -0.2) is 30.3 Å². The number of H-pyrrole nitrogens is 1. The summed E-state index contributed by atoms with van der Waals surface area (Å²) >= 11 is 0. The molecule has 21 heavy (non-hydrogen) atoms. The van der Waals surface area contributed by atoms with Gasteiger partial charge in [-0.05, 0) is 25.1 Å². The predicted octanol–water partition coefficient (Wildman–Crippen LogP) is 1.25. The lowest BCUT2D eigenvalue weighted by molar-refractivity contribution is 0.305. The molecule has 3 N–H and O–H groups in total. The van der Waals surface area contributed by atoms with Crippen molar-refractivity contribution in [2.75, 3.05) is 11.3 Å². The molecule has 110 valence electrons. The number of hydrogen-bond donors (Lipinski definition) is 3. The molecule has 1 heterocycles. The first-order chi connectivity index (χ1) is 10.0. The molecule has 0 radical (unpaired) electrons. The van der Waals surface area contributed by atoms with Crippen LogP contribution in [0.3, 0.4) is 0 Å². The van der Waals surface area contributed by atoms with Crippen LogP contribution in [0.15, 0.2) is 35.4 Å². The first-order valence-electron chi connectivity index (χ1n) is 6.25. The van der Waals surface area contributed by atoms with E-state index in [-0.39, 0.29) is 11.5 Å². The molecule has 7 heteroatoms. The van der Waals surface area contributed by atoms with Crippen LogP contribution in [0.2, 0.25) is 0 Å². The van der Waals surface area contributed by atoms with Crippen LogP contribution in [0.5, 0.6) is 0 Å². The summed E-state index contributed by atoms with van der Waals surface area (Å²) in [7, 11) is -3.67. The van der Waals surface area contributed by atoms with E-state index in [0.29, 0.717) is 23.4 Å². The summed E-state index contributed by atoms with van der Waals surface area (Å²) in [5.41, 5.74) is 1.57. The van der Waals surface area contributed by atoms with E-state index in [1.54, 1.807) is 31.2 Å². The third kappa shape index (κ3) is 3.84. The van der Waals surface area contributed by atoms with Crippen molar-refractivity contribution in [3.8, 4) is 11.8 Å². The average molecular weight is 305 g/mol. The van der Waals surface area contributed by atoms with Gasteiger partial charge in [0.25, 0.3) is 10.0 Å². The van der Waals surface area contributed by atoms with Gasteiger partial charge in [0.05, 0.1) is 24.2 Å². The fourth-order valence-corrected chi connectivity index (χ4v) is 2.89. The van der Waals surface area contributed by atoms with Crippen LogP contribution in [0.1, 0.15) is 17.7 Å². The minimum Gasteiger partial charge on any atom is -0.395 e. The van der Waals surface area contributed by atoms with E-state index in [2.05, 4.69) is 26.8 Å². The first-order valence-corrected chi connectivity index (χ1v) is 7.74. The number of anilines is 1. The highest BCUT2D eigenvalue weighted by Gasteiger charge is 2.18.